The van der Waals surface area contributed by atoms with Crippen LogP contribution in [0.1, 0.15) is 16.7 Å². The number of hydrogen-bond donors (Lipinski definition) is 1. The Morgan fingerprint density at radius 3 is 2.26 bits per heavy atom. The lowest BCUT2D eigenvalue weighted by Gasteiger charge is -2.08. The minimum absolute atomic E-state index is 1.03. The van der Waals surface area contributed by atoms with Crippen LogP contribution in [-0.4, -0.2) is 0 Å². The van der Waals surface area contributed by atoms with Gasteiger partial charge in [-0.2, -0.15) is 0 Å². The van der Waals surface area contributed by atoms with E-state index in [-0.39, 0.29) is 0 Å². The first kappa shape index (κ1) is 10.9. The number of benzene rings is 3. The first-order valence-corrected chi connectivity index (χ1v) is 6.81. The molecule has 0 aromatic heterocycles. The van der Waals surface area contributed by atoms with E-state index < -0.39 is 0 Å². The highest BCUT2D eigenvalue weighted by Gasteiger charge is 2.18. The lowest BCUT2D eigenvalue weighted by atomic mass is 9.98. The van der Waals surface area contributed by atoms with Gasteiger partial charge in [0.15, 0.2) is 0 Å². The largest absolute Gasteiger partial charge is 0.143 e. The van der Waals surface area contributed by atoms with Crippen LogP contribution in [0.5, 0.6) is 0 Å². The van der Waals surface area contributed by atoms with E-state index in [9.17, 15) is 0 Å². The Labute approximate surface area is 117 Å². The Kier molecular flexibility index (Phi) is 2.30. The summed E-state index contributed by atoms with van der Waals surface area (Å²) < 4.78 is 0. The summed E-state index contributed by atoms with van der Waals surface area (Å²) in [5.41, 5.74) is 5.10. The van der Waals surface area contributed by atoms with Crippen LogP contribution in [0.3, 0.4) is 0 Å². The van der Waals surface area contributed by atoms with Crippen LogP contribution in [0.4, 0.5) is 0 Å². The van der Waals surface area contributed by atoms with Crippen molar-refractivity contribution in [2.45, 2.75) is 4.90 Å². The Balaban J connectivity index is 2.05. The van der Waals surface area contributed by atoms with Crippen molar-refractivity contribution >= 4 is 35.1 Å². The highest BCUT2D eigenvalue weighted by Crippen LogP contribution is 2.41. The number of thiol groups is 1. The van der Waals surface area contributed by atoms with E-state index in [1.165, 1.54) is 33.0 Å². The molecule has 0 spiro atoms. The maximum Gasteiger partial charge on any atom is 0.0119 e. The van der Waals surface area contributed by atoms with Crippen molar-refractivity contribution in [2.24, 2.45) is 0 Å². The Hall–Kier alpha value is -1.99. The van der Waals surface area contributed by atoms with Gasteiger partial charge in [-0.05, 0) is 45.2 Å². The summed E-state index contributed by atoms with van der Waals surface area (Å²) in [5.74, 6) is 0. The summed E-state index contributed by atoms with van der Waals surface area (Å²) in [5, 5.41) is 2.66. The van der Waals surface area contributed by atoms with Crippen LogP contribution in [0, 0.1) is 0 Å². The minimum atomic E-state index is 1.03. The third kappa shape index (κ3) is 1.55. The van der Waals surface area contributed by atoms with Crippen LogP contribution in [-0.2, 0) is 0 Å². The topological polar surface area (TPSA) is 0 Å². The van der Waals surface area contributed by atoms with Gasteiger partial charge in [0.2, 0.25) is 0 Å². The van der Waals surface area contributed by atoms with Gasteiger partial charge in [-0.25, -0.2) is 0 Å². The molecule has 0 unspecified atom stereocenters. The smallest absolute Gasteiger partial charge is 0.0119 e. The zero-order chi connectivity index (χ0) is 12.8. The van der Waals surface area contributed by atoms with E-state index in [4.69, 9.17) is 0 Å². The van der Waals surface area contributed by atoms with Crippen molar-refractivity contribution in [3.05, 3.63) is 77.4 Å². The number of hydrogen-bond acceptors (Lipinski definition) is 1. The molecule has 0 saturated carbocycles. The van der Waals surface area contributed by atoms with Gasteiger partial charge >= 0.3 is 0 Å². The van der Waals surface area contributed by atoms with Crippen molar-refractivity contribution < 1.29 is 0 Å². The second-order valence-corrected chi connectivity index (χ2v) is 5.31. The molecule has 90 valence electrons. The summed E-state index contributed by atoms with van der Waals surface area (Å²) in [6.07, 6.45) is 2.27. The average Bonchev–Trinajstić information content (AvgIpc) is 2.81. The van der Waals surface area contributed by atoms with Crippen molar-refractivity contribution in [1.29, 1.82) is 0 Å². The molecule has 0 fully saturated rings. The van der Waals surface area contributed by atoms with Crippen molar-refractivity contribution in [3.63, 3.8) is 0 Å². The predicted octanol–water partition coefficient (Wildman–Crippen LogP) is 5.03. The van der Waals surface area contributed by atoms with Crippen LogP contribution in [0.25, 0.3) is 22.4 Å². The predicted molar refractivity (Wildman–Crippen MR) is 84.6 cm³/mol. The molecule has 1 aliphatic carbocycles. The Morgan fingerprint density at radius 1 is 0.684 bits per heavy atom. The quantitative estimate of drug-likeness (QED) is 0.456. The standard InChI is InChI=1S/C18H12S/c19-17-10-2-1-8-14(17)16-11-13-7-3-5-12-6-4-9-15(16)18(12)13/h1-11,19H. The highest BCUT2D eigenvalue weighted by atomic mass is 32.1. The molecule has 1 heteroatoms. The van der Waals surface area contributed by atoms with E-state index in [0.29, 0.717) is 0 Å². The molecular weight excluding hydrogens is 248 g/mol. The molecule has 19 heavy (non-hydrogen) atoms. The summed E-state index contributed by atoms with van der Waals surface area (Å²) in [4.78, 5) is 1.03. The third-order valence-electron chi connectivity index (χ3n) is 3.72. The third-order valence-corrected chi connectivity index (χ3v) is 4.11. The van der Waals surface area contributed by atoms with Crippen LogP contribution in [0.2, 0.25) is 0 Å². The van der Waals surface area contributed by atoms with E-state index in [0.717, 1.165) is 4.90 Å². The molecule has 0 heterocycles. The molecular formula is C18H12S. The van der Waals surface area contributed by atoms with Crippen molar-refractivity contribution in [3.8, 4) is 0 Å². The van der Waals surface area contributed by atoms with Gasteiger partial charge in [0, 0.05) is 4.90 Å². The Bertz CT molecular complexity index is 823. The van der Waals surface area contributed by atoms with E-state index >= 15 is 0 Å². The fourth-order valence-corrected chi connectivity index (χ4v) is 3.15. The van der Waals surface area contributed by atoms with Crippen LogP contribution < -0.4 is 0 Å². The first-order chi connectivity index (χ1) is 9.34. The van der Waals surface area contributed by atoms with Crippen molar-refractivity contribution in [1.82, 2.24) is 0 Å². The lowest BCUT2D eigenvalue weighted by molar-refractivity contribution is 1.41. The molecule has 0 aliphatic heterocycles. The second-order valence-electron chi connectivity index (χ2n) is 4.83. The van der Waals surface area contributed by atoms with Gasteiger partial charge in [0.25, 0.3) is 0 Å². The normalized spacial score (nSPS) is 12.8. The van der Waals surface area contributed by atoms with Crippen LogP contribution in [0.15, 0.2) is 65.6 Å². The summed E-state index contributed by atoms with van der Waals surface area (Å²) in [6, 6.07) is 21.2. The minimum Gasteiger partial charge on any atom is -0.143 e. The fourth-order valence-electron chi connectivity index (χ4n) is 2.87. The maximum absolute atomic E-state index is 4.59. The average molecular weight is 260 g/mol. The SMILES string of the molecule is Sc1ccccc1C1=Cc2cccc3cccc1c23. The zero-order valence-electron chi connectivity index (χ0n) is 10.3. The Morgan fingerprint density at radius 2 is 1.42 bits per heavy atom. The monoisotopic (exact) mass is 260 g/mol. The molecule has 0 saturated heterocycles. The molecule has 0 atom stereocenters. The van der Waals surface area contributed by atoms with Gasteiger partial charge in [-0.15, -0.1) is 12.6 Å². The summed E-state index contributed by atoms with van der Waals surface area (Å²) >= 11 is 4.59. The molecule has 3 aromatic rings. The number of rotatable bonds is 1. The highest BCUT2D eigenvalue weighted by molar-refractivity contribution is 7.80. The maximum atomic E-state index is 4.59. The van der Waals surface area contributed by atoms with Gasteiger partial charge in [0.05, 0.1) is 0 Å². The first-order valence-electron chi connectivity index (χ1n) is 6.37. The van der Waals surface area contributed by atoms with Gasteiger partial charge < -0.3 is 0 Å². The molecule has 0 N–H and O–H groups in total. The molecule has 4 rings (SSSR count). The van der Waals surface area contributed by atoms with Gasteiger partial charge in [-0.3, -0.25) is 0 Å². The lowest BCUT2D eigenvalue weighted by Crippen LogP contribution is -1.86. The van der Waals surface area contributed by atoms with Crippen LogP contribution >= 0.6 is 12.6 Å². The second kappa shape index (κ2) is 4.01. The molecule has 1 aliphatic rings. The molecule has 0 radical (unpaired) electrons. The zero-order valence-corrected chi connectivity index (χ0v) is 11.2. The molecule has 0 bridgehead atoms. The van der Waals surface area contributed by atoms with Crippen molar-refractivity contribution in [2.75, 3.05) is 0 Å². The van der Waals surface area contributed by atoms with E-state index in [2.05, 4.69) is 67.2 Å². The molecule has 0 amide bonds. The molecule has 3 aromatic carbocycles. The summed E-state index contributed by atoms with van der Waals surface area (Å²) in [7, 11) is 0. The van der Waals surface area contributed by atoms with Gasteiger partial charge in [-0.1, -0.05) is 54.6 Å². The van der Waals surface area contributed by atoms with Gasteiger partial charge in [0.1, 0.15) is 0 Å². The summed E-state index contributed by atoms with van der Waals surface area (Å²) in [6.45, 7) is 0. The van der Waals surface area contributed by atoms with E-state index in [1.807, 2.05) is 12.1 Å². The fraction of sp³-hybridized carbons (Fsp3) is 0. The molecule has 0 nitrogen and oxygen atoms in total. The van der Waals surface area contributed by atoms with E-state index in [1.54, 1.807) is 0 Å².